The molecule has 0 spiro atoms. The molecule has 0 heterocycles. The van der Waals surface area contributed by atoms with Gasteiger partial charge in [-0.3, -0.25) is 9.59 Å². The molecule has 1 unspecified atom stereocenters. The van der Waals surface area contributed by atoms with Crippen LogP contribution in [0.15, 0.2) is 0 Å². The summed E-state index contributed by atoms with van der Waals surface area (Å²) < 4.78 is 10.1. The Bertz CT molecular complexity index is 468. The van der Waals surface area contributed by atoms with Gasteiger partial charge in [0, 0.05) is 13.5 Å². The smallest absolute Gasteiger partial charge is 0.410 e. The molecule has 2 aliphatic rings. The van der Waals surface area contributed by atoms with Gasteiger partial charge in [-0.15, -0.1) is 0 Å². The summed E-state index contributed by atoms with van der Waals surface area (Å²) >= 11 is 0. The van der Waals surface area contributed by atoms with Crippen LogP contribution in [0.2, 0.25) is 0 Å². The highest BCUT2D eigenvalue weighted by atomic mass is 16.7. The molecule has 7 nitrogen and oxygen atoms in total. The van der Waals surface area contributed by atoms with E-state index in [1.54, 1.807) is 0 Å². The standard InChI is InChI=1S/C17H27NO6/c1-12(23-15(21)13-6-5-7-13)24-16(22)18-11-17(10-14(19)20)8-3-2-4-9-17/h12-13H,2-11H2,1H3,(H,18,22)(H,19,20). The normalized spacial score (nSPS) is 21.2. The number of amides is 1. The molecule has 0 aliphatic heterocycles. The molecule has 2 N–H and O–H groups in total. The van der Waals surface area contributed by atoms with Gasteiger partial charge in [0.25, 0.3) is 0 Å². The highest BCUT2D eigenvalue weighted by Gasteiger charge is 2.35. The largest absolute Gasteiger partial charge is 0.481 e. The average molecular weight is 341 g/mol. The van der Waals surface area contributed by atoms with E-state index in [1.165, 1.54) is 6.92 Å². The molecule has 0 aromatic heterocycles. The van der Waals surface area contributed by atoms with E-state index in [9.17, 15) is 14.4 Å². The SMILES string of the molecule is CC(OC(=O)NCC1(CC(=O)O)CCCCC1)OC(=O)C1CCC1. The van der Waals surface area contributed by atoms with Crippen molar-refractivity contribution in [3.63, 3.8) is 0 Å². The maximum absolute atomic E-state index is 11.9. The molecule has 0 aromatic carbocycles. The van der Waals surface area contributed by atoms with Gasteiger partial charge in [-0.05, 0) is 31.1 Å². The van der Waals surface area contributed by atoms with Crippen LogP contribution in [0.5, 0.6) is 0 Å². The Kier molecular flexibility index (Phi) is 6.45. The second-order valence-corrected chi connectivity index (χ2v) is 7.02. The van der Waals surface area contributed by atoms with Gasteiger partial charge in [0.05, 0.1) is 12.3 Å². The Morgan fingerprint density at radius 3 is 2.33 bits per heavy atom. The van der Waals surface area contributed by atoms with Crippen molar-refractivity contribution in [2.75, 3.05) is 6.54 Å². The number of hydrogen-bond donors (Lipinski definition) is 2. The maximum atomic E-state index is 11.9. The summed E-state index contributed by atoms with van der Waals surface area (Å²) in [6.07, 6.45) is 5.71. The summed E-state index contributed by atoms with van der Waals surface area (Å²) in [5, 5.41) is 11.8. The zero-order valence-corrected chi connectivity index (χ0v) is 14.2. The highest BCUT2D eigenvalue weighted by Crippen LogP contribution is 2.38. The lowest BCUT2D eigenvalue weighted by Crippen LogP contribution is -2.41. The number of aliphatic carboxylic acids is 1. The molecule has 2 aliphatic carbocycles. The highest BCUT2D eigenvalue weighted by molar-refractivity contribution is 5.74. The first-order valence-electron chi connectivity index (χ1n) is 8.77. The van der Waals surface area contributed by atoms with Gasteiger partial charge in [0.2, 0.25) is 6.29 Å². The van der Waals surface area contributed by atoms with Crippen LogP contribution in [-0.2, 0) is 19.1 Å². The van der Waals surface area contributed by atoms with Crippen molar-refractivity contribution in [2.45, 2.75) is 71.0 Å². The predicted octanol–water partition coefficient (Wildman–Crippen LogP) is 2.83. The molecule has 1 amide bonds. The molecular formula is C17H27NO6. The van der Waals surface area contributed by atoms with Crippen LogP contribution in [0.3, 0.4) is 0 Å². The maximum Gasteiger partial charge on any atom is 0.410 e. The van der Waals surface area contributed by atoms with Gasteiger partial charge in [-0.2, -0.15) is 0 Å². The van der Waals surface area contributed by atoms with E-state index in [4.69, 9.17) is 14.6 Å². The summed E-state index contributed by atoms with van der Waals surface area (Å²) in [5.41, 5.74) is -0.408. The van der Waals surface area contributed by atoms with Crippen LogP contribution >= 0.6 is 0 Å². The summed E-state index contributed by atoms with van der Waals surface area (Å²) in [7, 11) is 0. The number of hydrogen-bond acceptors (Lipinski definition) is 5. The van der Waals surface area contributed by atoms with Crippen molar-refractivity contribution in [2.24, 2.45) is 11.3 Å². The zero-order valence-electron chi connectivity index (χ0n) is 14.2. The minimum Gasteiger partial charge on any atom is -0.481 e. The van der Waals surface area contributed by atoms with Gasteiger partial charge in [-0.1, -0.05) is 25.7 Å². The molecule has 0 bridgehead atoms. The Hall–Kier alpha value is -1.79. The number of rotatable bonds is 7. The lowest BCUT2D eigenvalue weighted by Gasteiger charge is -2.36. The molecule has 1 atom stereocenters. The molecule has 0 radical (unpaired) electrons. The second-order valence-electron chi connectivity index (χ2n) is 7.02. The first-order chi connectivity index (χ1) is 11.4. The third kappa shape index (κ3) is 5.39. The third-order valence-electron chi connectivity index (χ3n) is 5.04. The van der Waals surface area contributed by atoms with E-state index in [2.05, 4.69) is 5.32 Å². The summed E-state index contributed by atoms with van der Waals surface area (Å²) in [5.74, 6) is -1.24. The Labute approximate surface area is 142 Å². The Morgan fingerprint density at radius 2 is 1.79 bits per heavy atom. The molecule has 24 heavy (non-hydrogen) atoms. The Balaban J connectivity index is 1.75. The minimum atomic E-state index is -0.945. The fraction of sp³-hybridized carbons (Fsp3) is 0.824. The number of nitrogens with one attached hydrogen (secondary N) is 1. The van der Waals surface area contributed by atoms with Crippen molar-refractivity contribution >= 4 is 18.0 Å². The molecule has 2 rings (SSSR count). The van der Waals surface area contributed by atoms with Crippen molar-refractivity contribution in [3.05, 3.63) is 0 Å². The predicted molar refractivity (Wildman–Crippen MR) is 85.1 cm³/mol. The first kappa shape index (κ1) is 18.5. The zero-order chi connectivity index (χ0) is 17.6. The van der Waals surface area contributed by atoms with E-state index >= 15 is 0 Å². The second kappa shape index (κ2) is 8.35. The molecule has 136 valence electrons. The van der Waals surface area contributed by atoms with Crippen LogP contribution in [0.1, 0.15) is 64.7 Å². The van der Waals surface area contributed by atoms with Crippen LogP contribution < -0.4 is 5.32 Å². The molecule has 7 heteroatoms. The lowest BCUT2D eigenvalue weighted by molar-refractivity contribution is -0.172. The number of carbonyl (C=O) groups excluding carboxylic acids is 2. The molecule has 2 fully saturated rings. The van der Waals surface area contributed by atoms with Gasteiger partial charge < -0.3 is 19.9 Å². The molecule has 0 saturated heterocycles. The number of carbonyl (C=O) groups is 3. The Morgan fingerprint density at radius 1 is 1.12 bits per heavy atom. The number of esters is 1. The van der Waals surface area contributed by atoms with Crippen molar-refractivity contribution in [3.8, 4) is 0 Å². The number of carboxylic acid groups (broad SMARTS) is 1. The molecule has 2 saturated carbocycles. The van der Waals surface area contributed by atoms with Gasteiger partial charge in [-0.25, -0.2) is 4.79 Å². The van der Waals surface area contributed by atoms with Gasteiger partial charge in [0.1, 0.15) is 0 Å². The van der Waals surface area contributed by atoms with Crippen molar-refractivity contribution in [1.82, 2.24) is 5.32 Å². The van der Waals surface area contributed by atoms with Crippen molar-refractivity contribution < 1.29 is 29.0 Å². The number of carboxylic acids is 1. The monoisotopic (exact) mass is 341 g/mol. The topological polar surface area (TPSA) is 102 Å². The molecule has 0 aromatic rings. The van der Waals surface area contributed by atoms with Gasteiger partial charge >= 0.3 is 18.0 Å². The van der Waals surface area contributed by atoms with Gasteiger partial charge in [0.15, 0.2) is 0 Å². The van der Waals surface area contributed by atoms with Crippen LogP contribution in [0.4, 0.5) is 4.79 Å². The average Bonchev–Trinajstić information content (AvgIpc) is 2.43. The minimum absolute atomic E-state index is 0.0412. The van der Waals surface area contributed by atoms with E-state index < -0.39 is 23.8 Å². The van der Waals surface area contributed by atoms with E-state index in [0.717, 1.165) is 51.4 Å². The fourth-order valence-electron chi connectivity index (χ4n) is 3.42. The summed E-state index contributed by atoms with van der Waals surface area (Å²) in [4.78, 5) is 34.7. The quantitative estimate of drug-likeness (QED) is 0.545. The van der Waals surface area contributed by atoms with Crippen LogP contribution in [0, 0.1) is 11.3 Å². The van der Waals surface area contributed by atoms with Crippen molar-refractivity contribution in [1.29, 1.82) is 0 Å². The summed E-state index contributed by atoms with van der Waals surface area (Å²) in [6, 6.07) is 0. The van der Waals surface area contributed by atoms with E-state index in [-0.39, 0.29) is 24.9 Å². The van der Waals surface area contributed by atoms with E-state index in [0.29, 0.717) is 0 Å². The first-order valence-corrected chi connectivity index (χ1v) is 8.77. The number of ether oxygens (including phenoxy) is 2. The van der Waals surface area contributed by atoms with Crippen LogP contribution in [0.25, 0.3) is 0 Å². The summed E-state index contributed by atoms with van der Waals surface area (Å²) in [6.45, 7) is 1.77. The number of alkyl carbamates (subject to hydrolysis) is 1. The molecular weight excluding hydrogens is 314 g/mol. The third-order valence-corrected chi connectivity index (χ3v) is 5.04. The van der Waals surface area contributed by atoms with Crippen LogP contribution in [-0.4, -0.2) is 36.0 Å². The fourth-order valence-corrected chi connectivity index (χ4v) is 3.42. The lowest BCUT2D eigenvalue weighted by atomic mass is 9.72. The van der Waals surface area contributed by atoms with E-state index in [1.807, 2.05) is 0 Å².